The molecular weight excluding hydrogens is 218 g/mol. The van der Waals surface area contributed by atoms with Crippen LogP contribution in [-0.4, -0.2) is 37.1 Å². The van der Waals surface area contributed by atoms with Gasteiger partial charge in [0.25, 0.3) is 10.1 Å². The van der Waals surface area contributed by atoms with Crippen molar-refractivity contribution >= 4 is 15.9 Å². The molecule has 2 atom stereocenters. The normalized spacial score (nSPS) is 24.5. The van der Waals surface area contributed by atoms with E-state index in [9.17, 15) is 13.2 Å². The van der Waals surface area contributed by atoms with Crippen molar-refractivity contribution in [1.82, 2.24) is 5.32 Å². The minimum Gasteiger partial charge on any atom is -0.316 e. The number of hydrogen-bond donors (Lipinski definition) is 2. The van der Waals surface area contributed by atoms with Gasteiger partial charge in [0.15, 0.2) is 11.0 Å². The van der Waals surface area contributed by atoms with Crippen molar-refractivity contribution < 1.29 is 17.8 Å². The lowest BCUT2D eigenvalue weighted by molar-refractivity contribution is -0.115. The Kier molecular flexibility index (Phi) is 4.01. The first-order valence-corrected chi connectivity index (χ1v) is 6.30. The molecule has 0 amide bonds. The highest BCUT2D eigenvalue weighted by molar-refractivity contribution is 7.87. The largest absolute Gasteiger partial charge is 0.316 e. The Hall–Kier alpha value is -0.720. The number of piperidine rings is 1. The zero-order valence-electron chi connectivity index (χ0n) is 8.35. The van der Waals surface area contributed by atoms with E-state index in [0.29, 0.717) is 13.0 Å². The van der Waals surface area contributed by atoms with Crippen LogP contribution in [0.1, 0.15) is 12.8 Å². The quantitative estimate of drug-likeness (QED) is 0.527. The van der Waals surface area contributed by atoms with Gasteiger partial charge < -0.3 is 5.32 Å². The van der Waals surface area contributed by atoms with Crippen molar-refractivity contribution in [3.05, 3.63) is 12.7 Å². The molecule has 1 saturated heterocycles. The number of ketones is 1. The first-order valence-electron chi connectivity index (χ1n) is 4.80. The molecule has 0 saturated carbocycles. The van der Waals surface area contributed by atoms with E-state index < -0.39 is 21.2 Å². The van der Waals surface area contributed by atoms with Gasteiger partial charge in [-0.25, -0.2) is 0 Å². The number of carbonyl (C=O) groups is 1. The van der Waals surface area contributed by atoms with Gasteiger partial charge in [-0.2, -0.15) is 8.42 Å². The van der Waals surface area contributed by atoms with E-state index in [1.807, 2.05) is 0 Å². The van der Waals surface area contributed by atoms with E-state index in [4.69, 9.17) is 4.55 Å². The highest BCUT2D eigenvalue weighted by Gasteiger charge is 2.37. The van der Waals surface area contributed by atoms with Crippen LogP contribution in [0.25, 0.3) is 0 Å². The van der Waals surface area contributed by atoms with Crippen LogP contribution in [-0.2, 0) is 14.9 Å². The Morgan fingerprint density at radius 1 is 1.60 bits per heavy atom. The number of rotatable bonds is 4. The molecule has 0 aromatic heterocycles. The molecule has 0 aromatic rings. The Labute approximate surface area is 89.3 Å². The second kappa shape index (κ2) is 4.87. The SMILES string of the molecule is C=CC(=O)C(C1CCCNC1)S(=O)(=O)O. The molecule has 0 spiro atoms. The lowest BCUT2D eigenvalue weighted by atomic mass is 9.93. The van der Waals surface area contributed by atoms with E-state index in [1.54, 1.807) is 0 Å². The highest BCUT2D eigenvalue weighted by Crippen LogP contribution is 2.21. The van der Waals surface area contributed by atoms with Gasteiger partial charge in [-0.1, -0.05) is 6.58 Å². The van der Waals surface area contributed by atoms with Gasteiger partial charge in [-0.15, -0.1) is 0 Å². The summed E-state index contributed by atoms with van der Waals surface area (Å²) in [5.74, 6) is -0.995. The summed E-state index contributed by atoms with van der Waals surface area (Å²) < 4.78 is 31.2. The fourth-order valence-electron chi connectivity index (χ4n) is 1.88. The topological polar surface area (TPSA) is 83.5 Å². The molecule has 6 heteroatoms. The van der Waals surface area contributed by atoms with Crippen LogP contribution in [0, 0.1) is 5.92 Å². The van der Waals surface area contributed by atoms with E-state index in [1.165, 1.54) is 0 Å². The molecule has 1 aliphatic heterocycles. The van der Waals surface area contributed by atoms with Gasteiger partial charge in [-0.3, -0.25) is 9.35 Å². The maximum atomic E-state index is 11.4. The third kappa shape index (κ3) is 3.12. The van der Waals surface area contributed by atoms with Crippen molar-refractivity contribution in [2.24, 2.45) is 5.92 Å². The zero-order chi connectivity index (χ0) is 11.5. The van der Waals surface area contributed by atoms with Crippen molar-refractivity contribution in [3.63, 3.8) is 0 Å². The van der Waals surface area contributed by atoms with Crippen molar-refractivity contribution in [1.29, 1.82) is 0 Å². The average Bonchev–Trinajstić information content (AvgIpc) is 2.17. The number of hydrogen-bond acceptors (Lipinski definition) is 4. The van der Waals surface area contributed by atoms with Crippen LogP contribution < -0.4 is 5.32 Å². The summed E-state index contributed by atoms with van der Waals surface area (Å²) in [5, 5.41) is 1.65. The molecule has 2 N–H and O–H groups in total. The van der Waals surface area contributed by atoms with E-state index in [-0.39, 0.29) is 5.92 Å². The second-order valence-electron chi connectivity index (χ2n) is 3.65. The summed E-state index contributed by atoms with van der Waals surface area (Å²) in [6.45, 7) is 4.50. The average molecular weight is 233 g/mol. The minimum absolute atomic E-state index is 0.362. The Morgan fingerprint density at radius 3 is 2.67 bits per heavy atom. The molecule has 0 radical (unpaired) electrons. The maximum Gasteiger partial charge on any atom is 0.275 e. The number of nitrogens with one attached hydrogen (secondary N) is 1. The molecule has 1 rings (SSSR count). The number of allylic oxidation sites excluding steroid dienone is 1. The molecule has 15 heavy (non-hydrogen) atoms. The van der Waals surface area contributed by atoms with Crippen LogP contribution in [0.5, 0.6) is 0 Å². The summed E-state index contributed by atoms with van der Waals surface area (Å²) in [6, 6.07) is 0. The van der Waals surface area contributed by atoms with Crippen LogP contribution >= 0.6 is 0 Å². The van der Waals surface area contributed by atoms with E-state index in [2.05, 4.69) is 11.9 Å². The summed E-state index contributed by atoms with van der Waals surface area (Å²) in [6.07, 6.45) is 2.38. The Bertz CT molecular complexity index is 343. The summed E-state index contributed by atoms with van der Waals surface area (Å²) in [5.41, 5.74) is 0. The smallest absolute Gasteiger partial charge is 0.275 e. The maximum absolute atomic E-state index is 11.4. The van der Waals surface area contributed by atoms with Gasteiger partial charge in [0, 0.05) is 0 Å². The highest BCUT2D eigenvalue weighted by atomic mass is 32.2. The van der Waals surface area contributed by atoms with Crippen LogP contribution in [0.3, 0.4) is 0 Å². The third-order valence-electron chi connectivity index (χ3n) is 2.57. The van der Waals surface area contributed by atoms with E-state index in [0.717, 1.165) is 19.0 Å². The Balaban J connectivity index is 2.89. The van der Waals surface area contributed by atoms with Gasteiger partial charge in [0.05, 0.1) is 0 Å². The molecule has 0 bridgehead atoms. The Morgan fingerprint density at radius 2 is 2.27 bits per heavy atom. The van der Waals surface area contributed by atoms with Gasteiger partial charge in [0.1, 0.15) is 0 Å². The summed E-state index contributed by atoms with van der Waals surface area (Å²) in [4.78, 5) is 11.4. The van der Waals surface area contributed by atoms with Gasteiger partial charge >= 0.3 is 0 Å². The molecule has 5 nitrogen and oxygen atoms in total. The predicted octanol–water partition coefficient (Wildman–Crippen LogP) is -0.00250. The van der Waals surface area contributed by atoms with Crippen molar-refractivity contribution in [2.45, 2.75) is 18.1 Å². The van der Waals surface area contributed by atoms with Crippen molar-refractivity contribution in [2.75, 3.05) is 13.1 Å². The summed E-state index contributed by atoms with van der Waals surface area (Å²) in [7, 11) is -4.34. The molecule has 0 aromatic carbocycles. The molecule has 1 fully saturated rings. The lowest BCUT2D eigenvalue weighted by Crippen LogP contribution is -2.44. The third-order valence-corrected chi connectivity index (χ3v) is 3.82. The number of carbonyl (C=O) groups excluding carboxylic acids is 1. The van der Waals surface area contributed by atoms with Crippen LogP contribution in [0.4, 0.5) is 0 Å². The molecule has 0 aliphatic carbocycles. The standard InChI is InChI=1S/C9H15NO4S/c1-2-8(11)9(15(12,13)14)7-4-3-5-10-6-7/h2,7,9-10H,1,3-6H2,(H,12,13,14). The minimum atomic E-state index is -4.34. The molecule has 1 heterocycles. The first kappa shape index (κ1) is 12.4. The predicted molar refractivity (Wildman–Crippen MR) is 56.1 cm³/mol. The fraction of sp³-hybridized carbons (Fsp3) is 0.667. The molecule has 1 aliphatic rings. The van der Waals surface area contributed by atoms with Gasteiger partial charge in [-0.05, 0) is 37.9 Å². The molecule has 2 unspecified atom stereocenters. The second-order valence-corrected chi connectivity index (χ2v) is 5.19. The van der Waals surface area contributed by atoms with Crippen molar-refractivity contribution in [3.8, 4) is 0 Å². The molecular formula is C9H15NO4S. The van der Waals surface area contributed by atoms with Crippen LogP contribution in [0.15, 0.2) is 12.7 Å². The fourth-order valence-corrected chi connectivity index (χ4v) is 2.98. The molecule has 86 valence electrons. The monoisotopic (exact) mass is 233 g/mol. The van der Waals surface area contributed by atoms with Gasteiger partial charge in [0.2, 0.25) is 0 Å². The first-order chi connectivity index (χ1) is 6.96. The van der Waals surface area contributed by atoms with Crippen LogP contribution in [0.2, 0.25) is 0 Å². The lowest BCUT2D eigenvalue weighted by Gasteiger charge is -2.27. The van der Waals surface area contributed by atoms with E-state index >= 15 is 0 Å². The summed E-state index contributed by atoms with van der Waals surface area (Å²) >= 11 is 0. The zero-order valence-corrected chi connectivity index (χ0v) is 9.16.